The number of aryl methyl sites for hydroxylation is 4. The van der Waals surface area contributed by atoms with Crippen LogP contribution in [0, 0.1) is 27.7 Å². The van der Waals surface area contributed by atoms with E-state index in [9.17, 15) is 5.53 Å². The van der Waals surface area contributed by atoms with Crippen molar-refractivity contribution >= 4 is 11.4 Å². The Bertz CT molecular complexity index is 1270. The second-order valence-electron chi connectivity index (χ2n) is 15.3. The fourth-order valence-electron chi connectivity index (χ4n) is 7.49. The molecular formula is C48H78N2Pd. The average Bonchev–Trinajstić information content (AvgIpc) is 3.38. The molecule has 51 heavy (non-hydrogen) atoms. The van der Waals surface area contributed by atoms with Crippen molar-refractivity contribution in [3.63, 3.8) is 0 Å². The van der Waals surface area contributed by atoms with Crippen LogP contribution in [0.3, 0.4) is 0 Å². The molecule has 0 saturated heterocycles. The molecule has 0 fully saturated rings. The molecule has 0 N–H and O–H groups in total. The van der Waals surface area contributed by atoms with E-state index < -0.39 is 0 Å². The first kappa shape index (κ1) is 45.3. The fourth-order valence-corrected chi connectivity index (χ4v) is 9.43. The zero-order chi connectivity index (χ0) is 37.3. The second kappa shape index (κ2) is 27.7. The number of benzene rings is 2. The number of unbranched alkanes of at least 4 members (excludes halogenated alkanes) is 17. The maximum absolute atomic E-state index is 11.4. The van der Waals surface area contributed by atoms with E-state index >= 15 is 0 Å². The van der Waals surface area contributed by atoms with Gasteiger partial charge in [-0.1, -0.05) is 54.7 Å². The summed E-state index contributed by atoms with van der Waals surface area (Å²) in [4.78, 5) is 3.09. The third-order valence-electron chi connectivity index (χ3n) is 10.1. The summed E-state index contributed by atoms with van der Waals surface area (Å²) in [5.74, 6) is 0. The van der Waals surface area contributed by atoms with Crippen molar-refractivity contribution in [2.45, 2.75) is 206 Å². The Morgan fingerprint density at radius 1 is 0.431 bits per heavy atom. The van der Waals surface area contributed by atoms with Gasteiger partial charge in [-0.15, -0.1) is 0 Å². The van der Waals surface area contributed by atoms with E-state index in [2.05, 4.69) is 91.8 Å². The van der Waals surface area contributed by atoms with Gasteiger partial charge in [0.05, 0.1) is 0 Å². The fraction of sp³-hybridized carbons (Fsp3) is 0.667. The van der Waals surface area contributed by atoms with Crippen molar-refractivity contribution in [2.24, 2.45) is 0 Å². The van der Waals surface area contributed by atoms with Crippen LogP contribution in [0.1, 0.15) is 202 Å². The SMILES string of the molecule is CCCCC1=C(c2cc(C)cc(C)c2)[N+](=[N-])C(c2cc(C)cc(C)c2)=C1CC.CCCCCCCCCC[CH2][Pd][CH2]CCCCCCCCCC. The van der Waals surface area contributed by atoms with Gasteiger partial charge in [0, 0.05) is 22.3 Å². The molecule has 0 bridgehead atoms. The molecule has 1 aliphatic rings. The Hall–Kier alpha value is -1.82. The molecule has 0 aromatic heterocycles. The molecule has 3 heteroatoms. The van der Waals surface area contributed by atoms with Gasteiger partial charge in [0.15, 0.2) is 0 Å². The molecule has 0 spiro atoms. The van der Waals surface area contributed by atoms with Gasteiger partial charge in [-0.2, -0.15) is 0 Å². The minimum atomic E-state index is 0.909. The van der Waals surface area contributed by atoms with Gasteiger partial charge in [0.1, 0.15) is 0 Å². The number of hydrogen-bond acceptors (Lipinski definition) is 0. The van der Waals surface area contributed by atoms with Gasteiger partial charge in [-0.25, -0.2) is 4.70 Å². The summed E-state index contributed by atoms with van der Waals surface area (Å²) in [6, 6.07) is 13.1. The quantitative estimate of drug-likeness (QED) is 0.0515. The van der Waals surface area contributed by atoms with E-state index in [0.29, 0.717) is 0 Å². The van der Waals surface area contributed by atoms with Crippen LogP contribution in [0.15, 0.2) is 47.5 Å². The first-order valence-electron chi connectivity index (χ1n) is 21.3. The summed E-state index contributed by atoms with van der Waals surface area (Å²) >= 11 is 1.07. The molecule has 3 rings (SSSR count). The number of allylic oxidation sites excluding steroid dienone is 2. The molecule has 0 atom stereocenters. The zero-order valence-corrected chi connectivity index (χ0v) is 36.2. The van der Waals surface area contributed by atoms with Crippen LogP contribution in [0.25, 0.3) is 16.9 Å². The minimum absolute atomic E-state index is 0.909. The average molecular weight is 790 g/mol. The second-order valence-corrected chi connectivity index (χ2v) is 17.6. The predicted molar refractivity (Wildman–Crippen MR) is 223 cm³/mol. The Morgan fingerprint density at radius 3 is 1.12 bits per heavy atom. The van der Waals surface area contributed by atoms with Crippen LogP contribution < -0.4 is 0 Å². The van der Waals surface area contributed by atoms with Gasteiger partial charge in [-0.05, 0) is 71.2 Å². The van der Waals surface area contributed by atoms with Crippen LogP contribution in [0.2, 0.25) is 9.79 Å². The Morgan fingerprint density at radius 2 is 0.765 bits per heavy atom. The molecule has 1 heterocycles. The number of hydrogen-bond donors (Lipinski definition) is 0. The molecule has 2 aromatic rings. The Balaban J connectivity index is 0.000000362. The summed E-state index contributed by atoms with van der Waals surface area (Å²) in [7, 11) is 0. The number of nitrogens with zero attached hydrogens (tertiary/aromatic N) is 2. The van der Waals surface area contributed by atoms with Gasteiger partial charge in [0.2, 0.25) is 11.4 Å². The predicted octanol–water partition coefficient (Wildman–Crippen LogP) is 16.7. The molecule has 2 nitrogen and oxygen atoms in total. The normalized spacial score (nSPS) is 13.1. The van der Waals surface area contributed by atoms with Crippen LogP contribution in [-0.4, -0.2) is 4.70 Å². The molecular weight excluding hydrogens is 711 g/mol. The zero-order valence-electron chi connectivity index (χ0n) is 34.6. The Labute approximate surface area is 325 Å². The summed E-state index contributed by atoms with van der Waals surface area (Å²) in [5, 5.41) is 0. The van der Waals surface area contributed by atoms with E-state index in [-0.39, 0.29) is 0 Å². The molecule has 0 amide bonds. The van der Waals surface area contributed by atoms with E-state index in [1.807, 2.05) is 0 Å². The topological polar surface area (TPSA) is 25.3 Å². The summed E-state index contributed by atoms with van der Waals surface area (Å²) in [6.45, 7) is 17.5. The summed E-state index contributed by atoms with van der Waals surface area (Å²) in [5.41, 5.74) is 23.0. The van der Waals surface area contributed by atoms with Crippen LogP contribution in [0.5, 0.6) is 0 Å². The van der Waals surface area contributed by atoms with Crippen LogP contribution >= 0.6 is 0 Å². The Kier molecular flexibility index (Phi) is 24.7. The molecule has 1 aliphatic heterocycles. The van der Waals surface area contributed by atoms with E-state index in [1.165, 1.54) is 154 Å². The van der Waals surface area contributed by atoms with Crippen LogP contribution in [-0.2, 0) is 18.0 Å². The van der Waals surface area contributed by atoms with Crippen molar-refractivity contribution in [1.82, 2.24) is 0 Å². The summed E-state index contributed by atoms with van der Waals surface area (Å²) in [6.07, 6.45) is 30.7. The standard InChI is InChI=1S/C26H32N2.2C11H23.Pd/c1-7-9-10-24-23(8-2)25(21-13-17(3)11-18(4)14-21)28(27)26(24)22-15-19(5)12-20(6)16-22;2*1-3-5-7-9-11-10-8-6-4-2;/h11-16H,7-10H2,1-6H3;2*1,3-11H2,2H3;. The molecule has 0 unspecified atom stereocenters. The van der Waals surface area contributed by atoms with E-state index in [4.69, 9.17) is 0 Å². The van der Waals surface area contributed by atoms with Crippen molar-refractivity contribution in [1.29, 1.82) is 0 Å². The first-order chi connectivity index (χ1) is 24.8. The van der Waals surface area contributed by atoms with Gasteiger partial charge in [0.25, 0.3) is 0 Å². The molecule has 2 aromatic carbocycles. The number of rotatable bonds is 26. The van der Waals surface area contributed by atoms with Crippen molar-refractivity contribution in [3.8, 4) is 0 Å². The third kappa shape index (κ3) is 17.7. The van der Waals surface area contributed by atoms with Crippen LogP contribution in [0.4, 0.5) is 0 Å². The van der Waals surface area contributed by atoms with Gasteiger partial charge >= 0.3 is 157 Å². The molecule has 290 valence electrons. The van der Waals surface area contributed by atoms with Crippen molar-refractivity contribution in [2.75, 3.05) is 0 Å². The van der Waals surface area contributed by atoms with Gasteiger partial charge < -0.3 is 5.53 Å². The third-order valence-corrected chi connectivity index (χ3v) is 12.3. The monoisotopic (exact) mass is 789 g/mol. The van der Waals surface area contributed by atoms with E-state index in [0.717, 1.165) is 66.2 Å². The van der Waals surface area contributed by atoms with Crippen molar-refractivity contribution in [3.05, 3.63) is 86.5 Å². The molecule has 0 radical (unpaired) electrons. The summed E-state index contributed by atoms with van der Waals surface area (Å²) < 4.78 is 1.46. The molecule has 0 aliphatic carbocycles. The molecule has 0 saturated carbocycles. The van der Waals surface area contributed by atoms with Gasteiger partial charge in [-0.3, -0.25) is 0 Å². The first-order valence-corrected chi connectivity index (χ1v) is 23.5. The van der Waals surface area contributed by atoms with Crippen molar-refractivity contribution < 1.29 is 22.7 Å². The van der Waals surface area contributed by atoms with E-state index in [1.54, 1.807) is 9.79 Å². The maximum atomic E-state index is 11.4.